The Kier molecular flexibility index (Phi) is 11.2. The van der Waals surface area contributed by atoms with E-state index >= 15 is 0 Å². The van der Waals surface area contributed by atoms with Crippen LogP contribution in [0.5, 0.6) is 0 Å². The number of allylic oxidation sites excluding steroid dienone is 1. The van der Waals surface area contributed by atoms with Gasteiger partial charge in [-0.3, -0.25) is 19.2 Å². The van der Waals surface area contributed by atoms with Crippen LogP contribution in [0, 0.1) is 11.8 Å². The van der Waals surface area contributed by atoms with Gasteiger partial charge in [0.2, 0.25) is 11.8 Å². The molecule has 3 amide bonds. The molecule has 0 unspecified atom stereocenters. The van der Waals surface area contributed by atoms with Crippen LogP contribution in [0.1, 0.15) is 50.2 Å². The molecule has 1 spiro atoms. The van der Waals surface area contributed by atoms with Gasteiger partial charge in [0.25, 0.3) is 5.91 Å². The summed E-state index contributed by atoms with van der Waals surface area (Å²) < 4.78 is 12.7. The lowest BCUT2D eigenvalue weighted by atomic mass is 9.70. The molecule has 0 aliphatic carbocycles. The predicted molar refractivity (Wildman–Crippen MR) is 177 cm³/mol. The number of fused-ring (bicyclic) bond motifs is 1. The molecule has 3 aliphatic rings. The Hall–Kier alpha value is -3.99. The van der Waals surface area contributed by atoms with Gasteiger partial charge in [0.15, 0.2) is 0 Å². The highest BCUT2D eigenvalue weighted by Gasteiger charge is 2.75. The van der Waals surface area contributed by atoms with Gasteiger partial charge in [0.1, 0.15) is 17.7 Å². The number of nitrogens with one attached hydrogen (secondary N) is 1. The zero-order valence-electron chi connectivity index (χ0n) is 26.4. The van der Waals surface area contributed by atoms with E-state index in [4.69, 9.17) is 21.1 Å². The maximum absolute atomic E-state index is 14.6. The summed E-state index contributed by atoms with van der Waals surface area (Å²) in [4.78, 5) is 58.5. The van der Waals surface area contributed by atoms with Crippen LogP contribution in [0.15, 0.2) is 79.9 Å². The molecule has 0 saturated carbocycles. The number of rotatable bonds is 16. The Balaban J connectivity index is 1.44. The van der Waals surface area contributed by atoms with Crippen LogP contribution >= 0.6 is 11.6 Å². The van der Waals surface area contributed by atoms with Crippen molar-refractivity contribution in [2.24, 2.45) is 11.8 Å². The third-order valence-electron chi connectivity index (χ3n) is 9.32. The number of hydrogen-bond donors (Lipinski definition) is 2. The van der Waals surface area contributed by atoms with E-state index in [0.717, 1.165) is 0 Å². The molecule has 3 aliphatic heterocycles. The number of likely N-dealkylation sites (tertiary alicyclic amines) is 1. The fourth-order valence-electron chi connectivity index (χ4n) is 7.20. The molecule has 11 heteroatoms. The zero-order chi connectivity index (χ0) is 33.6. The summed E-state index contributed by atoms with van der Waals surface area (Å²) >= 11 is 6.13. The highest BCUT2D eigenvalue weighted by Crippen LogP contribution is 2.59. The van der Waals surface area contributed by atoms with Crippen molar-refractivity contribution in [3.8, 4) is 0 Å². The van der Waals surface area contributed by atoms with Crippen LogP contribution in [0.4, 0.5) is 5.69 Å². The minimum absolute atomic E-state index is 0.0545. The first-order chi connectivity index (χ1) is 22.7. The van der Waals surface area contributed by atoms with E-state index in [-0.39, 0.29) is 50.4 Å². The lowest BCUT2D eigenvalue weighted by molar-refractivity contribution is -0.160. The molecule has 0 aromatic heterocycles. The summed E-state index contributed by atoms with van der Waals surface area (Å²) in [5.74, 6) is -3.33. The van der Waals surface area contributed by atoms with E-state index in [2.05, 4.69) is 18.5 Å². The topological polar surface area (TPSA) is 125 Å². The Morgan fingerprint density at radius 2 is 1.87 bits per heavy atom. The lowest BCUT2D eigenvalue weighted by Crippen LogP contribution is -2.56. The van der Waals surface area contributed by atoms with Crippen molar-refractivity contribution in [1.29, 1.82) is 0 Å². The summed E-state index contributed by atoms with van der Waals surface area (Å²) in [6.45, 7) is 7.89. The Bertz CT molecular complexity index is 1470. The van der Waals surface area contributed by atoms with Gasteiger partial charge in [0.05, 0.1) is 24.5 Å². The Morgan fingerprint density at radius 1 is 1.13 bits per heavy atom. The maximum Gasteiger partial charge on any atom is 0.313 e. The van der Waals surface area contributed by atoms with E-state index in [0.29, 0.717) is 48.4 Å². The molecule has 2 bridgehead atoms. The van der Waals surface area contributed by atoms with E-state index in [1.165, 1.54) is 4.90 Å². The van der Waals surface area contributed by atoms with Gasteiger partial charge in [-0.25, -0.2) is 0 Å². The second kappa shape index (κ2) is 15.3. The fourth-order valence-corrected chi connectivity index (χ4v) is 7.32. The van der Waals surface area contributed by atoms with Crippen LogP contribution in [-0.2, 0) is 28.7 Å². The summed E-state index contributed by atoms with van der Waals surface area (Å²) in [6.07, 6.45) is 4.48. The van der Waals surface area contributed by atoms with E-state index < -0.39 is 41.7 Å². The molecular weight excluding hydrogens is 622 g/mol. The number of amides is 3. The van der Waals surface area contributed by atoms with E-state index in [1.54, 1.807) is 41.3 Å². The van der Waals surface area contributed by atoms with Crippen molar-refractivity contribution in [2.75, 3.05) is 31.1 Å². The van der Waals surface area contributed by atoms with E-state index in [1.807, 2.05) is 30.3 Å². The number of halogens is 1. The van der Waals surface area contributed by atoms with Crippen LogP contribution in [0.25, 0.3) is 0 Å². The number of unbranched alkanes of at least 4 members (excludes halogenated alkanes) is 1. The number of esters is 1. The van der Waals surface area contributed by atoms with Gasteiger partial charge in [-0.15, -0.1) is 13.2 Å². The third kappa shape index (κ3) is 7.00. The van der Waals surface area contributed by atoms with Crippen molar-refractivity contribution >= 4 is 41.0 Å². The number of aliphatic hydroxyl groups excluding tert-OH is 1. The number of ether oxygens (including phenoxy) is 2. The molecule has 0 radical (unpaired) electrons. The molecule has 10 nitrogen and oxygen atoms in total. The van der Waals surface area contributed by atoms with Gasteiger partial charge in [-0.1, -0.05) is 54.1 Å². The Labute approximate surface area is 280 Å². The van der Waals surface area contributed by atoms with Crippen LogP contribution in [-0.4, -0.2) is 77.7 Å². The molecule has 3 heterocycles. The summed E-state index contributed by atoms with van der Waals surface area (Å²) in [5, 5.41) is 12.8. The average Bonchev–Trinajstić information content (AvgIpc) is 3.72. The van der Waals surface area contributed by atoms with Gasteiger partial charge < -0.3 is 29.7 Å². The number of anilines is 1. The minimum atomic E-state index is -1.23. The highest BCUT2D eigenvalue weighted by molar-refractivity contribution is 6.30. The number of aliphatic hydroxyl groups is 1. The molecular formula is C36H42ClN3O7. The number of nitrogens with zero attached hydrogens (tertiary/aromatic N) is 2. The van der Waals surface area contributed by atoms with Crippen molar-refractivity contribution in [3.63, 3.8) is 0 Å². The summed E-state index contributed by atoms with van der Waals surface area (Å²) in [6, 6.07) is 15.0. The second-order valence-electron chi connectivity index (χ2n) is 12.2. The first-order valence-corrected chi connectivity index (χ1v) is 16.5. The van der Waals surface area contributed by atoms with Gasteiger partial charge in [-0.2, -0.15) is 0 Å². The Morgan fingerprint density at radius 3 is 2.55 bits per heavy atom. The lowest BCUT2D eigenvalue weighted by Gasteiger charge is -2.36. The first kappa shape index (κ1) is 34.3. The van der Waals surface area contributed by atoms with Crippen LogP contribution in [0.2, 0.25) is 5.02 Å². The molecule has 3 saturated heterocycles. The highest BCUT2D eigenvalue weighted by atomic mass is 35.5. The van der Waals surface area contributed by atoms with Gasteiger partial charge in [-0.05, 0) is 61.9 Å². The minimum Gasteiger partial charge on any atom is -0.455 e. The second-order valence-corrected chi connectivity index (χ2v) is 12.6. The molecule has 2 aromatic rings. The quantitative estimate of drug-likeness (QED) is 0.155. The smallest absolute Gasteiger partial charge is 0.313 e. The van der Waals surface area contributed by atoms with Gasteiger partial charge in [0, 0.05) is 36.8 Å². The number of benzene rings is 2. The number of hydrogen-bond acceptors (Lipinski definition) is 7. The maximum atomic E-state index is 14.6. The largest absolute Gasteiger partial charge is 0.455 e. The molecule has 47 heavy (non-hydrogen) atoms. The third-order valence-corrected chi connectivity index (χ3v) is 9.57. The molecule has 6 atom stereocenters. The standard InChI is InChI=1S/C36H42ClN3O7/c1-3-5-13-29(42)38-23-28(24-11-7-6-8-12-24)46-35(45)30-27-18-19-36(47-27)31(30)33(43)40(21-9-10-22-41)32(36)34(44)39(20-4-2)26-16-14-25(37)15-17-26/h3-4,6-8,11-12,14-17,27-28,30-32,41H,1-2,5,9-10,13,18-23H2,(H,38,42)/t27-,28+,30+,31+,32-,36+/m1/s1. The predicted octanol–water partition coefficient (Wildman–Crippen LogP) is 4.37. The summed E-state index contributed by atoms with van der Waals surface area (Å²) in [7, 11) is 0. The molecule has 3 fully saturated rings. The monoisotopic (exact) mass is 663 g/mol. The fraction of sp³-hybridized carbons (Fsp3) is 0.444. The summed E-state index contributed by atoms with van der Waals surface area (Å²) in [5.41, 5.74) is 0.0590. The number of carbonyl (C=O) groups excluding carboxylic acids is 4. The number of carbonyl (C=O) groups is 4. The van der Waals surface area contributed by atoms with Crippen LogP contribution in [0.3, 0.4) is 0 Å². The SMILES string of the molecule is C=CCCC(=O)NC[C@H](OC(=O)[C@@H]1[C@H]2C(=O)N(CCCCO)[C@H](C(=O)N(CC=C)c3ccc(Cl)cc3)[C@]23CC[C@H]1O3)c1ccccc1. The molecule has 2 N–H and O–H groups in total. The van der Waals surface area contributed by atoms with Crippen LogP contribution < -0.4 is 10.2 Å². The van der Waals surface area contributed by atoms with Gasteiger partial charge >= 0.3 is 5.97 Å². The zero-order valence-corrected chi connectivity index (χ0v) is 27.1. The molecule has 5 rings (SSSR count). The molecule has 2 aromatic carbocycles. The van der Waals surface area contributed by atoms with Crippen molar-refractivity contribution < 1.29 is 33.8 Å². The molecule has 250 valence electrons. The van der Waals surface area contributed by atoms with Crippen molar-refractivity contribution in [2.45, 2.75) is 62.4 Å². The van der Waals surface area contributed by atoms with E-state index in [9.17, 15) is 24.3 Å². The normalized spacial score (nSPS) is 24.8. The first-order valence-electron chi connectivity index (χ1n) is 16.2. The van der Waals surface area contributed by atoms with Crippen molar-refractivity contribution in [3.05, 3.63) is 90.5 Å². The average molecular weight is 664 g/mol. The van der Waals surface area contributed by atoms with Crippen molar-refractivity contribution in [1.82, 2.24) is 10.2 Å².